The highest BCUT2D eigenvalue weighted by molar-refractivity contribution is 5.90. The van der Waals surface area contributed by atoms with Gasteiger partial charge in [-0.25, -0.2) is 8.78 Å². The first-order chi connectivity index (χ1) is 11.4. The number of alkyl halides is 3. The van der Waals surface area contributed by atoms with Crippen LogP contribution in [0.5, 0.6) is 0 Å². The van der Waals surface area contributed by atoms with Gasteiger partial charge in [0.2, 0.25) is 0 Å². The standard InChI is InChI=1S/C16H10F5N3/c17-11-6-13-10(14(15(11)18)16(19,20)21)5-12(24(13)9-1-2-9)8-3-4-22-23-7-8/h3-7,9H,1-2H2. The van der Waals surface area contributed by atoms with E-state index in [2.05, 4.69) is 10.2 Å². The number of nitrogens with zero attached hydrogens (tertiary/aromatic N) is 3. The SMILES string of the molecule is Fc1cc2c(cc(-c3ccnnc3)n2C2CC2)c(C(F)(F)F)c1F. The predicted molar refractivity (Wildman–Crippen MR) is 76.2 cm³/mol. The van der Waals surface area contributed by atoms with Crippen LogP contribution in [-0.2, 0) is 6.18 Å². The van der Waals surface area contributed by atoms with Crippen molar-refractivity contribution in [3.63, 3.8) is 0 Å². The summed E-state index contributed by atoms with van der Waals surface area (Å²) < 4.78 is 69.1. The Bertz CT molecular complexity index is 927. The van der Waals surface area contributed by atoms with Gasteiger partial charge in [-0.1, -0.05) is 0 Å². The van der Waals surface area contributed by atoms with Crippen molar-refractivity contribution in [1.82, 2.24) is 14.8 Å². The Balaban J connectivity index is 2.11. The molecule has 4 rings (SSSR count). The van der Waals surface area contributed by atoms with Gasteiger partial charge < -0.3 is 4.57 Å². The van der Waals surface area contributed by atoms with E-state index in [9.17, 15) is 22.0 Å². The molecule has 0 unspecified atom stereocenters. The Hall–Kier alpha value is -2.51. The minimum absolute atomic E-state index is 0.0309. The number of hydrogen-bond donors (Lipinski definition) is 0. The molecule has 0 N–H and O–H groups in total. The van der Waals surface area contributed by atoms with Crippen LogP contribution in [0.15, 0.2) is 30.6 Å². The molecular weight excluding hydrogens is 329 g/mol. The van der Waals surface area contributed by atoms with Crippen LogP contribution in [0.4, 0.5) is 22.0 Å². The monoisotopic (exact) mass is 339 g/mol. The van der Waals surface area contributed by atoms with E-state index in [1.165, 1.54) is 18.5 Å². The smallest absolute Gasteiger partial charge is 0.337 e. The van der Waals surface area contributed by atoms with Crippen LogP contribution in [0.25, 0.3) is 22.2 Å². The molecule has 8 heteroatoms. The minimum Gasteiger partial charge on any atom is -0.337 e. The molecule has 2 heterocycles. The number of aromatic nitrogens is 3. The van der Waals surface area contributed by atoms with E-state index in [0.717, 1.165) is 18.9 Å². The highest BCUT2D eigenvalue weighted by Gasteiger charge is 2.40. The molecular formula is C16H10F5N3. The molecule has 124 valence electrons. The quantitative estimate of drug-likeness (QED) is 0.632. The van der Waals surface area contributed by atoms with Crippen LogP contribution in [0, 0.1) is 11.6 Å². The van der Waals surface area contributed by atoms with Crippen LogP contribution >= 0.6 is 0 Å². The molecule has 0 amide bonds. The number of halogens is 5. The summed E-state index contributed by atoms with van der Waals surface area (Å²) in [5.41, 5.74) is -0.546. The minimum atomic E-state index is -4.99. The lowest BCUT2D eigenvalue weighted by atomic mass is 10.1. The normalized spacial score (nSPS) is 15.2. The summed E-state index contributed by atoms with van der Waals surface area (Å²) in [5, 5.41) is 7.02. The van der Waals surface area contributed by atoms with Gasteiger partial charge in [0, 0.05) is 23.1 Å². The van der Waals surface area contributed by atoms with Crippen molar-refractivity contribution in [2.45, 2.75) is 25.1 Å². The predicted octanol–water partition coefficient (Wildman–Crippen LogP) is 4.73. The lowest BCUT2D eigenvalue weighted by molar-refractivity contribution is -0.138. The van der Waals surface area contributed by atoms with Gasteiger partial charge >= 0.3 is 6.18 Å². The van der Waals surface area contributed by atoms with Gasteiger partial charge in [0.05, 0.1) is 23.6 Å². The maximum Gasteiger partial charge on any atom is 0.419 e. The molecule has 24 heavy (non-hydrogen) atoms. The lowest BCUT2D eigenvalue weighted by Crippen LogP contribution is -2.10. The lowest BCUT2D eigenvalue weighted by Gasteiger charge is -2.12. The molecule has 1 aromatic carbocycles. The van der Waals surface area contributed by atoms with Crippen molar-refractivity contribution in [2.75, 3.05) is 0 Å². The van der Waals surface area contributed by atoms with Gasteiger partial charge in [-0.15, -0.1) is 0 Å². The second kappa shape index (κ2) is 4.99. The summed E-state index contributed by atoms with van der Waals surface area (Å²) in [5.74, 6) is -3.38. The van der Waals surface area contributed by atoms with Crippen LogP contribution in [0.3, 0.4) is 0 Å². The van der Waals surface area contributed by atoms with E-state index < -0.39 is 23.4 Å². The van der Waals surface area contributed by atoms with E-state index in [-0.39, 0.29) is 16.9 Å². The average Bonchev–Trinajstić information content (AvgIpc) is 3.30. The molecule has 2 aromatic heterocycles. The fourth-order valence-corrected chi connectivity index (χ4v) is 2.98. The van der Waals surface area contributed by atoms with E-state index >= 15 is 0 Å². The maximum atomic E-state index is 13.9. The van der Waals surface area contributed by atoms with Crippen molar-refractivity contribution < 1.29 is 22.0 Å². The third-order valence-corrected chi connectivity index (χ3v) is 4.11. The molecule has 0 saturated heterocycles. The Morgan fingerprint density at radius 3 is 2.42 bits per heavy atom. The Kier molecular flexibility index (Phi) is 3.13. The summed E-state index contributed by atoms with van der Waals surface area (Å²) in [6.07, 6.45) is -0.623. The van der Waals surface area contributed by atoms with Crippen LogP contribution < -0.4 is 0 Å². The number of rotatable bonds is 2. The fourth-order valence-electron chi connectivity index (χ4n) is 2.98. The van der Waals surface area contributed by atoms with Gasteiger partial charge in [-0.2, -0.15) is 23.4 Å². The highest BCUT2D eigenvalue weighted by atomic mass is 19.4. The zero-order valence-corrected chi connectivity index (χ0v) is 12.1. The third-order valence-electron chi connectivity index (χ3n) is 4.11. The Morgan fingerprint density at radius 1 is 1.08 bits per heavy atom. The summed E-state index contributed by atoms with van der Waals surface area (Å²) >= 11 is 0. The Labute approximate surface area is 132 Å². The molecule has 1 saturated carbocycles. The molecule has 0 bridgehead atoms. The van der Waals surface area contributed by atoms with Gasteiger partial charge in [0.25, 0.3) is 0 Å². The van der Waals surface area contributed by atoms with Crippen molar-refractivity contribution in [2.24, 2.45) is 0 Å². The second-order valence-corrected chi connectivity index (χ2v) is 5.74. The zero-order chi connectivity index (χ0) is 17.1. The largest absolute Gasteiger partial charge is 0.419 e. The van der Waals surface area contributed by atoms with Crippen molar-refractivity contribution >= 4 is 10.9 Å². The van der Waals surface area contributed by atoms with E-state index in [1.807, 2.05) is 0 Å². The molecule has 0 atom stereocenters. The molecule has 3 aromatic rings. The first-order valence-corrected chi connectivity index (χ1v) is 7.25. The molecule has 0 radical (unpaired) electrons. The second-order valence-electron chi connectivity index (χ2n) is 5.74. The topological polar surface area (TPSA) is 30.7 Å². The summed E-state index contributed by atoms with van der Waals surface area (Å²) in [6.45, 7) is 0. The Morgan fingerprint density at radius 2 is 1.83 bits per heavy atom. The van der Waals surface area contributed by atoms with Crippen molar-refractivity contribution in [3.05, 3.63) is 47.8 Å². The molecule has 1 fully saturated rings. The van der Waals surface area contributed by atoms with Crippen LogP contribution in [-0.4, -0.2) is 14.8 Å². The molecule has 1 aliphatic carbocycles. The van der Waals surface area contributed by atoms with Gasteiger partial charge in [0.15, 0.2) is 11.6 Å². The number of benzene rings is 1. The van der Waals surface area contributed by atoms with Gasteiger partial charge in [-0.05, 0) is 25.0 Å². The van der Waals surface area contributed by atoms with Crippen molar-refractivity contribution in [1.29, 1.82) is 0 Å². The van der Waals surface area contributed by atoms with Gasteiger partial charge in [0.1, 0.15) is 5.56 Å². The summed E-state index contributed by atoms with van der Waals surface area (Å²) in [7, 11) is 0. The maximum absolute atomic E-state index is 13.9. The first-order valence-electron chi connectivity index (χ1n) is 7.25. The molecule has 0 spiro atoms. The van der Waals surface area contributed by atoms with E-state index in [0.29, 0.717) is 11.3 Å². The van der Waals surface area contributed by atoms with Crippen molar-refractivity contribution in [3.8, 4) is 11.3 Å². The zero-order valence-electron chi connectivity index (χ0n) is 12.1. The van der Waals surface area contributed by atoms with Crippen LogP contribution in [0.1, 0.15) is 24.4 Å². The third kappa shape index (κ3) is 2.24. The first kappa shape index (κ1) is 15.0. The van der Waals surface area contributed by atoms with Gasteiger partial charge in [-0.3, -0.25) is 0 Å². The molecule has 1 aliphatic rings. The molecule has 0 aliphatic heterocycles. The van der Waals surface area contributed by atoms with E-state index in [4.69, 9.17) is 0 Å². The highest BCUT2D eigenvalue weighted by Crippen LogP contribution is 2.46. The average molecular weight is 339 g/mol. The number of hydrogen-bond acceptors (Lipinski definition) is 2. The molecule has 3 nitrogen and oxygen atoms in total. The van der Waals surface area contributed by atoms with Crippen LogP contribution in [0.2, 0.25) is 0 Å². The summed E-state index contributed by atoms with van der Waals surface area (Å²) in [4.78, 5) is 0. The summed E-state index contributed by atoms with van der Waals surface area (Å²) in [6, 6.07) is 3.64. The van der Waals surface area contributed by atoms with E-state index in [1.54, 1.807) is 10.6 Å². The number of fused-ring (bicyclic) bond motifs is 1. The fraction of sp³-hybridized carbons (Fsp3) is 0.250.